The summed E-state index contributed by atoms with van der Waals surface area (Å²) in [6.07, 6.45) is -0.793. The molecule has 2 N–H and O–H groups in total. The molecule has 0 fully saturated rings. The molecule has 0 saturated carbocycles. The van der Waals surface area contributed by atoms with Crippen molar-refractivity contribution >= 4 is 43.3 Å². The number of carbonyl (C=O) groups is 2. The number of rotatable bonds is 11. The fourth-order valence-electron chi connectivity index (χ4n) is 3.08. The molecule has 11 nitrogen and oxygen atoms in total. The fraction of sp³-hybridized carbons (Fsp3) is 0.667. The van der Waals surface area contributed by atoms with Crippen LogP contribution in [0.1, 0.15) is 45.2 Å². The van der Waals surface area contributed by atoms with Gasteiger partial charge in [-0.1, -0.05) is 13.8 Å². The number of carbonyl (C=O) groups excluding carboxylic acids is 2. The summed E-state index contributed by atoms with van der Waals surface area (Å²) in [7, 11) is -6.75. The normalized spacial score (nSPS) is 19.2. The van der Waals surface area contributed by atoms with Crippen molar-refractivity contribution in [2.45, 2.75) is 54.2 Å². The van der Waals surface area contributed by atoms with Gasteiger partial charge in [-0.3, -0.25) is 9.59 Å². The fourth-order valence-corrected chi connectivity index (χ4v) is 8.01. The molecule has 1 aliphatic heterocycles. The van der Waals surface area contributed by atoms with Gasteiger partial charge in [0.15, 0.2) is 6.10 Å². The van der Waals surface area contributed by atoms with Crippen molar-refractivity contribution in [1.29, 1.82) is 0 Å². The molecule has 0 radical (unpaired) electrons. The lowest BCUT2D eigenvalue weighted by atomic mass is 10.1. The van der Waals surface area contributed by atoms with E-state index in [4.69, 9.17) is 9.47 Å². The molecule has 2 rings (SSSR count). The van der Waals surface area contributed by atoms with Crippen LogP contribution in [0.25, 0.3) is 0 Å². The van der Waals surface area contributed by atoms with E-state index in [9.17, 15) is 26.4 Å². The summed E-state index contributed by atoms with van der Waals surface area (Å²) in [5.74, 6) is -1.67. The van der Waals surface area contributed by atoms with Crippen LogP contribution < -0.4 is 10.0 Å². The zero-order valence-electron chi connectivity index (χ0n) is 18.4. The molecule has 0 aromatic carbocycles. The number of methoxy groups -OCH3 is 1. The van der Waals surface area contributed by atoms with Crippen LogP contribution in [0.5, 0.6) is 0 Å². The number of hydrogen-bond donors (Lipinski definition) is 2. The van der Waals surface area contributed by atoms with Crippen molar-refractivity contribution in [1.82, 2.24) is 14.3 Å². The third kappa shape index (κ3) is 6.05. The van der Waals surface area contributed by atoms with Crippen LogP contribution in [0.3, 0.4) is 0 Å². The number of nitrogens with one attached hydrogen (secondary N) is 2. The first kappa shape index (κ1) is 26.7. The minimum Gasteiger partial charge on any atom is -0.453 e. The Labute approximate surface area is 192 Å². The lowest BCUT2D eigenvalue weighted by molar-refractivity contribution is -0.153. The first-order valence-electron chi connectivity index (χ1n) is 10.1. The minimum atomic E-state index is -4.37. The van der Waals surface area contributed by atoms with E-state index < -0.39 is 44.1 Å². The predicted octanol–water partition coefficient (Wildman–Crippen LogP) is 0.586. The van der Waals surface area contributed by atoms with Gasteiger partial charge in [0.2, 0.25) is 0 Å². The van der Waals surface area contributed by atoms with Gasteiger partial charge >= 0.3 is 5.97 Å². The Morgan fingerprint density at radius 2 is 2.03 bits per heavy atom. The van der Waals surface area contributed by atoms with E-state index in [1.165, 1.54) is 24.4 Å². The maximum atomic E-state index is 13.1. The SMILES string of the molecule is CCN[C@H]1CN(CCCOC)S(=O)(=O)c2sc(S(=O)(=O)NC(=O)[C@H](C)OC(=O)CC)cc21. The zero-order chi connectivity index (χ0) is 24.1. The molecule has 1 aromatic rings. The molecule has 32 heavy (non-hydrogen) atoms. The van der Waals surface area contributed by atoms with Gasteiger partial charge in [0.1, 0.15) is 8.42 Å². The van der Waals surface area contributed by atoms with E-state index in [1.807, 2.05) is 11.6 Å². The zero-order valence-corrected chi connectivity index (χ0v) is 20.9. The van der Waals surface area contributed by atoms with Crippen LogP contribution >= 0.6 is 11.3 Å². The molecule has 1 aliphatic rings. The molecular weight excluding hydrogens is 482 g/mol. The summed E-state index contributed by atoms with van der Waals surface area (Å²) in [6, 6.07) is 0.872. The Bertz CT molecular complexity index is 1040. The molecule has 0 bridgehead atoms. The first-order chi connectivity index (χ1) is 15.0. The molecule has 0 aliphatic carbocycles. The quantitative estimate of drug-likeness (QED) is 0.321. The van der Waals surface area contributed by atoms with E-state index in [-0.39, 0.29) is 27.9 Å². The molecule has 0 unspecified atom stereocenters. The number of hydrogen-bond acceptors (Lipinski definition) is 10. The molecule has 2 heterocycles. The molecule has 182 valence electrons. The molecular formula is C18H29N3O8S3. The van der Waals surface area contributed by atoms with Crippen LogP contribution in [-0.2, 0) is 39.1 Å². The lowest BCUT2D eigenvalue weighted by Crippen LogP contribution is -2.43. The minimum absolute atomic E-state index is 0.0343. The summed E-state index contributed by atoms with van der Waals surface area (Å²) >= 11 is 0.583. The van der Waals surface area contributed by atoms with Gasteiger partial charge in [0.25, 0.3) is 26.0 Å². The lowest BCUT2D eigenvalue weighted by Gasteiger charge is -2.32. The topological polar surface area (TPSA) is 148 Å². The Morgan fingerprint density at radius 1 is 1.34 bits per heavy atom. The molecule has 1 amide bonds. The average Bonchev–Trinajstić information content (AvgIpc) is 3.19. The maximum absolute atomic E-state index is 13.1. The highest BCUT2D eigenvalue weighted by Gasteiger charge is 2.40. The second-order valence-corrected chi connectivity index (χ2v) is 12.2. The number of fused-ring (bicyclic) bond motifs is 1. The smallest absolute Gasteiger partial charge is 0.306 e. The second-order valence-electron chi connectivity index (χ2n) is 7.08. The Morgan fingerprint density at radius 3 is 2.62 bits per heavy atom. The summed E-state index contributed by atoms with van der Waals surface area (Å²) in [4.78, 5) is 23.6. The molecule has 1 aromatic heterocycles. The van der Waals surface area contributed by atoms with Gasteiger partial charge in [-0.2, -0.15) is 4.31 Å². The van der Waals surface area contributed by atoms with Crippen LogP contribution in [0, 0.1) is 0 Å². The van der Waals surface area contributed by atoms with Gasteiger partial charge in [0.05, 0.1) is 0 Å². The second kappa shape index (κ2) is 11.0. The van der Waals surface area contributed by atoms with Gasteiger partial charge in [-0.05, 0) is 26.0 Å². The highest BCUT2D eigenvalue weighted by molar-refractivity contribution is 7.94. The molecule has 14 heteroatoms. The van der Waals surface area contributed by atoms with Crippen LogP contribution in [0.2, 0.25) is 0 Å². The van der Waals surface area contributed by atoms with Crippen molar-refractivity contribution in [3.8, 4) is 0 Å². The average molecular weight is 512 g/mol. The number of amides is 1. The summed E-state index contributed by atoms with van der Waals surface area (Å²) in [6.45, 7) is 5.98. The predicted molar refractivity (Wildman–Crippen MR) is 117 cm³/mol. The highest BCUT2D eigenvalue weighted by Crippen LogP contribution is 2.40. The van der Waals surface area contributed by atoms with Crippen LogP contribution in [0.4, 0.5) is 0 Å². The van der Waals surface area contributed by atoms with Crippen molar-refractivity contribution < 1.29 is 35.9 Å². The molecule has 0 spiro atoms. The van der Waals surface area contributed by atoms with E-state index in [0.717, 1.165) is 0 Å². The third-order valence-electron chi connectivity index (χ3n) is 4.71. The van der Waals surface area contributed by atoms with Crippen molar-refractivity contribution in [3.05, 3.63) is 11.6 Å². The molecule has 2 atom stereocenters. The number of likely N-dealkylation sites (N-methyl/N-ethyl adjacent to an activating group) is 1. The van der Waals surface area contributed by atoms with Gasteiger partial charge in [-0.15, -0.1) is 11.3 Å². The Kier molecular flexibility index (Phi) is 9.19. The van der Waals surface area contributed by atoms with E-state index in [1.54, 1.807) is 6.92 Å². The summed E-state index contributed by atoms with van der Waals surface area (Å²) in [5, 5.41) is 3.18. The van der Waals surface area contributed by atoms with Crippen molar-refractivity contribution in [3.63, 3.8) is 0 Å². The van der Waals surface area contributed by atoms with Crippen LogP contribution in [-0.4, -0.2) is 72.5 Å². The van der Waals surface area contributed by atoms with Crippen molar-refractivity contribution in [2.75, 3.05) is 33.4 Å². The first-order valence-corrected chi connectivity index (χ1v) is 13.8. The van der Waals surface area contributed by atoms with E-state index in [0.29, 0.717) is 36.5 Å². The monoisotopic (exact) mass is 511 g/mol. The van der Waals surface area contributed by atoms with Crippen molar-refractivity contribution in [2.24, 2.45) is 0 Å². The van der Waals surface area contributed by atoms with E-state index in [2.05, 4.69) is 5.32 Å². The number of ether oxygens (including phenoxy) is 2. The number of esters is 1. The maximum Gasteiger partial charge on any atom is 0.306 e. The standard InChI is InChI=1S/C18H29N3O8S3/c1-5-15(22)29-12(3)17(23)20-31(24,25)16-10-13-14(19-6-2)11-21(8-7-9-28-4)32(26,27)18(13)30-16/h10,12,14,19H,5-9,11H2,1-4H3,(H,20,23)/t12-,14-/m0/s1. The number of nitrogens with zero attached hydrogens (tertiary/aromatic N) is 1. The summed E-state index contributed by atoms with van der Waals surface area (Å²) in [5.41, 5.74) is 0.345. The van der Waals surface area contributed by atoms with Crippen LogP contribution in [0.15, 0.2) is 14.5 Å². The Balaban J connectivity index is 2.34. The Hall–Kier alpha value is -1.58. The summed E-state index contributed by atoms with van der Waals surface area (Å²) < 4.78 is 64.4. The third-order valence-corrected chi connectivity index (χ3v) is 10.1. The molecule has 0 saturated heterocycles. The van der Waals surface area contributed by atoms with Gasteiger partial charge in [-0.25, -0.2) is 21.6 Å². The number of sulfonamides is 2. The largest absolute Gasteiger partial charge is 0.453 e. The van der Waals surface area contributed by atoms with E-state index >= 15 is 0 Å². The highest BCUT2D eigenvalue weighted by atomic mass is 32.3. The van der Waals surface area contributed by atoms with Gasteiger partial charge < -0.3 is 14.8 Å². The van der Waals surface area contributed by atoms with Gasteiger partial charge in [0, 0.05) is 44.8 Å². The number of thiophene rings is 1.